The monoisotopic (exact) mass is 176 g/mol. The van der Waals surface area contributed by atoms with Crippen LogP contribution in [0.3, 0.4) is 0 Å². The molecule has 3 heteroatoms. The summed E-state index contributed by atoms with van der Waals surface area (Å²) in [6, 6.07) is 0. The van der Waals surface area contributed by atoms with Gasteiger partial charge in [0.2, 0.25) is 0 Å². The molecule has 0 aromatic heterocycles. The molecule has 0 aliphatic heterocycles. The molecule has 0 radical (unpaired) electrons. The second kappa shape index (κ2) is 2.96. The lowest BCUT2D eigenvalue weighted by Gasteiger charge is -2.20. The smallest absolute Gasteiger partial charge is 0.170 e. The van der Waals surface area contributed by atoms with Crippen molar-refractivity contribution < 1.29 is 13.2 Å². The molecule has 68 valence electrons. The van der Waals surface area contributed by atoms with Crippen molar-refractivity contribution in [3.63, 3.8) is 0 Å². The molecule has 0 saturated carbocycles. The Hall–Kier alpha value is -0.730. The first-order chi connectivity index (χ1) is 5.41. The number of hydrogen-bond donors (Lipinski definition) is 0. The van der Waals surface area contributed by atoms with Crippen molar-refractivity contribution in [1.82, 2.24) is 0 Å². The normalized spacial score (nSPS) is 24.9. The van der Waals surface area contributed by atoms with E-state index in [9.17, 15) is 13.2 Å². The first kappa shape index (κ1) is 9.36. The van der Waals surface area contributed by atoms with Crippen molar-refractivity contribution in [2.24, 2.45) is 5.92 Å². The molecular weight excluding hydrogens is 165 g/mol. The molecule has 12 heavy (non-hydrogen) atoms. The van der Waals surface area contributed by atoms with Crippen LogP contribution in [0.25, 0.3) is 0 Å². The molecule has 1 rings (SSSR count). The fourth-order valence-electron chi connectivity index (χ4n) is 1.19. The van der Waals surface area contributed by atoms with Crippen LogP contribution >= 0.6 is 0 Å². The summed E-state index contributed by atoms with van der Waals surface area (Å²) in [6.07, 6.45) is -1.05. The summed E-state index contributed by atoms with van der Waals surface area (Å²) in [4.78, 5) is 0. The molecule has 0 fully saturated rings. The van der Waals surface area contributed by atoms with Gasteiger partial charge in [-0.1, -0.05) is 23.3 Å². The number of alkyl halides is 3. The zero-order valence-electron chi connectivity index (χ0n) is 7.07. The lowest BCUT2D eigenvalue weighted by molar-refractivity contribution is -0.160. The molecule has 0 saturated heterocycles. The summed E-state index contributed by atoms with van der Waals surface area (Å²) in [5.74, 6) is -1.28. The van der Waals surface area contributed by atoms with Gasteiger partial charge < -0.3 is 0 Å². The third kappa shape index (κ3) is 1.90. The van der Waals surface area contributed by atoms with E-state index in [-0.39, 0.29) is 6.42 Å². The highest BCUT2D eigenvalue weighted by Gasteiger charge is 2.38. The van der Waals surface area contributed by atoms with Crippen molar-refractivity contribution in [2.45, 2.75) is 26.4 Å². The minimum absolute atomic E-state index is 0.0900. The van der Waals surface area contributed by atoms with E-state index in [1.807, 2.05) is 6.92 Å². The van der Waals surface area contributed by atoms with E-state index in [0.717, 1.165) is 11.1 Å². The summed E-state index contributed by atoms with van der Waals surface area (Å²) >= 11 is 0. The van der Waals surface area contributed by atoms with E-state index in [2.05, 4.69) is 0 Å². The number of allylic oxidation sites excluding steroid dienone is 4. The number of halogens is 3. The standard InChI is InChI=1S/C9H11F3/c1-6-3-4-8(5-7(6)2)9(10,11)12/h3,5,8H,4H2,1-2H3. The summed E-state index contributed by atoms with van der Waals surface area (Å²) in [7, 11) is 0. The van der Waals surface area contributed by atoms with E-state index < -0.39 is 12.1 Å². The zero-order valence-corrected chi connectivity index (χ0v) is 7.07. The van der Waals surface area contributed by atoms with Crippen molar-refractivity contribution in [3.8, 4) is 0 Å². The predicted octanol–water partition coefficient (Wildman–Crippen LogP) is 3.46. The average molecular weight is 176 g/mol. The Morgan fingerprint density at radius 2 is 1.83 bits per heavy atom. The van der Waals surface area contributed by atoms with E-state index in [0.29, 0.717) is 0 Å². The second-order valence-corrected chi connectivity index (χ2v) is 3.12. The van der Waals surface area contributed by atoms with Gasteiger partial charge in [-0.15, -0.1) is 0 Å². The fraction of sp³-hybridized carbons (Fsp3) is 0.556. The van der Waals surface area contributed by atoms with E-state index in [1.54, 1.807) is 13.0 Å². The SMILES string of the molecule is CC1=CCC(C(F)(F)F)C=C1C. The Morgan fingerprint density at radius 1 is 1.25 bits per heavy atom. The van der Waals surface area contributed by atoms with Crippen molar-refractivity contribution in [1.29, 1.82) is 0 Å². The number of hydrogen-bond acceptors (Lipinski definition) is 0. The van der Waals surface area contributed by atoms with Gasteiger partial charge in [-0.25, -0.2) is 0 Å². The second-order valence-electron chi connectivity index (χ2n) is 3.12. The highest BCUT2D eigenvalue weighted by Crippen LogP contribution is 2.34. The van der Waals surface area contributed by atoms with Crippen molar-refractivity contribution in [2.75, 3.05) is 0 Å². The minimum atomic E-state index is -4.08. The van der Waals surface area contributed by atoms with Gasteiger partial charge in [0.1, 0.15) is 0 Å². The Morgan fingerprint density at radius 3 is 2.25 bits per heavy atom. The van der Waals surface area contributed by atoms with E-state index in [1.165, 1.54) is 6.08 Å². The first-order valence-electron chi connectivity index (χ1n) is 3.83. The van der Waals surface area contributed by atoms with Gasteiger partial charge in [-0.3, -0.25) is 0 Å². The van der Waals surface area contributed by atoms with Crippen LogP contribution < -0.4 is 0 Å². The Kier molecular flexibility index (Phi) is 2.31. The third-order valence-electron chi connectivity index (χ3n) is 2.17. The van der Waals surface area contributed by atoms with Crippen LogP contribution in [0.1, 0.15) is 20.3 Å². The van der Waals surface area contributed by atoms with Crippen LogP contribution in [-0.4, -0.2) is 6.18 Å². The Bertz CT molecular complexity index is 233. The maximum atomic E-state index is 12.2. The van der Waals surface area contributed by atoms with Gasteiger partial charge in [0.15, 0.2) is 0 Å². The molecule has 1 unspecified atom stereocenters. The minimum Gasteiger partial charge on any atom is -0.170 e. The van der Waals surface area contributed by atoms with Crippen LogP contribution in [0.5, 0.6) is 0 Å². The topological polar surface area (TPSA) is 0 Å². The maximum Gasteiger partial charge on any atom is 0.395 e. The molecule has 0 aromatic carbocycles. The summed E-state index contributed by atoms with van der Waals surface area (Å²) in [5, 5.41) is 0. The van der Waals surface area contributed by atoms with Crippen molar-refractivity contribution >= 4 is 0 Å². The van der Waals surface area contributed by atoms with Gasteiger partial charge in [0.05, 0.1) is 5.92 Å². The lowest BCUT2D eigenvalue weighted by atomic mass is 9.92. The zero-order chi connectivity index (χ0) is 9.35. The lowest BCUT2D eigenvalue weighted by Crippen LogP contribution is -2.22. The molecule has 0 bridgehead atoms. The molecule has 0 N–H and O–H groups in total. The Labute approximate surface area is 69.8 Å². The van der Waals surface area contributed by atoms with Gasteiger partial charge in [0, 0.05) is 0 Å². The molecular formula is C9H11F3. The third-order valence-corrected chi connectivity index (χ3v) is 2.17. The summed E-state index contributed by atoms with van der Waals surface area (Å²) in [5.41, 5.74) is 1.69. The molecule has 0 heterocycles. The van der Waals surface area contributed by atoms with Crippen molar-refractivity contribution in [3.05, 3.63) is 23.3 Å². The van der Waals surface area contributed by atoms with Crippen LogP contribution in [-0.2, 0) is 0 Å². The van der Waals surface area contributed by atoms with Gasteiger partial charge >= 0.3 is 6.18 Å². The molecule has 1 atom stereocenters. The highest BCUT2D eigenvalue weighted by atomic mass is 19.4. The van der Waals surface area contributed by atoms with Crippen LogP contribution in [0, 0.1) is 5.92 Å². The van der Waals surface area contributed by atoms with Crippen LogP contribution in [0.2, 0.25) is 0 Å². The molecule has 0 aromatic rings. The van der Waals surface area contributed by atoms with E-state index in [4.69, 9.17) is 0 Å². The predicted molar refractivity (Wildman–Crippen MR) is 41.7 cm³/mol. The molecule has 1 aliphatic rings. The number of rotatable bonds is 0. The van der Waals surface area contributed by atoms with Crippen LogP contribution in [0.15, 0.2) is 23.3 Å². The molecule has 0 amide bonds. The highest BCUT2D eigenvalue weighted by molar-refractivity contribution is 5.31. The van der Waals surface area contributed by atoms with Gasteiger partial charge in [-0.2, -0.15) is 13.2 Å². The van der Waals surface area contributed by atoms with Gasteiger partial charge in [-0.05, 0) is 20.3 Å². The average Bonchev–Trinajstić information content (AvgIpc) is 1.92. The van der Waals surface area contributed by atoms with E-state index >= 15 is 0 Å². The summed E-state index contributed by atoms with van der Waals surface area (Å²) in [6.45, 7) is 3.54. The van der Waals surface area contributed by atoms with Crippen LogP contribution in [0.4, 0.5) is 13.2 Å². The largest absolute Gasteiger partial charge is 0.395 e. The molecule has 0 spiro atoms. The summed E-state index contributed by atoms with van der Waals surface area (Å²) < 4.78 is 36.5. The Balaban J connectivity index is 2.79. The molecule has 0 nitrogen and oxygen atoms in total. The fourth-order valence-corrected chi connectivity index (χ4v) is 1.19. The maximum absolute atomic E-state index is 12.2. The quantitative estimate of drug-likeness (QED) is 0.530. The van der Waals surface area contributed by atoms with Gasteiger partial charge in [0.25, 0.3) is 0 Å². The molecule has 1 aliphatic carbocycles. The first-order valence-corrected chi connectivity index (χ1v) is 3.83.